The Bertz CT molecular complexity index is 322. The van der Waals surface area contributed by atoms with Crippen LogP contribution in [0.25, 0.3) is 0 Å². The molecule has 1 rings (SSSR count). The van der Waals surface area contributed by atoms with Crippen LogP contribution in [0.1, 0.15) is 39.0 Å². The average Bonchev–Trinajstić information content (AvgIpc) is 2.30. The van der Waals surface area contributed by atoms with Crippen LogP contribution in [0.3, 0.4) is 0 Å². The zero-order valence-corrected chi connectivity index (χ0v) is 12.4. The summed E-state index contributed by atoms with van der Waals surface area (Å²) >= 11 is 0. The topological polar surface area (TPSA) is 28.2 Å². The molecule has 1 aromatic rings. The van der Waals surface area contributed by atoms with Crippen LogP contribution >= 0.6 is 0 Å². The average molecular weight is 249 g/mol. The molecule has 0 aromatic carbocycles. The van der Waals surface area contributed by atoms with E-state index < -0.39 is 0 Å². The summed E-state index contributed by atoms with van der Waals surface area (Å²) in [4.78, 5) is 6.80. The van der Waals surface area contributed by atoms with Crippen molar-refractivity contribution in [1.82, 2.24) is 15.2 Å². The Labute approximate surface area is 112 Å². The van der Waals surface area contributed by atoms with Crippen molar-refractivity contribution in [2.24, 2.45) is 0 Å². The van der Waals surface area contributed by atoms with Gasteiger partial charge >= 0.3 is 0 Å². The van der Waals surface area contributed by atoms with E-state index in [0.29, 0.717) is 12.1 Å². The Morgan fingerprint density at radius 3 is 2.33 bits per heavy atom. The minimum atomic E-state index is 0.604. The lowest BCUT2D eigenvalue weighted by molar-refractivity contribution is 0.176. The second kappa shape index (κ2) is 7.49. The highest BCUT2D eigenvalue weighted by atomic mass is 15.2. The summed E-state index contributed by atoms with van der Waals surface area (Å²) < 4.78 is 0. The second-order valence-corrected chi connectivity index (χ2v) is 5.41. The Balaban J connectivity index is 2.27. The molecule has 0 atom stereocenters. The van der Waals surface area contributed by atoms with Crippen LogP contribution in [0.2, 0.25) is 0 Å². The summed E-state index contributed by atoms with van der Waals surface area (Å²) in [5, 5.41) is 3.48. The molecule has 3 nitrogen and oxygen atoms in total. The molecule has 0 aliphatic heterocycles. The summed E-state index contributed by atoms with van der Waals surface area (Å²) in [6.07, 6.45) is 1.95. The molecule has 102 valence electrons. The molecule has 1 heterocycles. The van der Waals surface area contributed by atoms with Gasteiger partial charge in [-0.05, 0) is 46.2 Å². The molecular weight excluding hydrogens is 222 g/mol. The zero-order valence-electron chi connectivity index (χ0n) is 12.4. The molecule has 3 heteroatoms. The summed E-state index contributed by atoms with van der Waals surface area (Å²) in [6, 6.07) is 5.41. The maximum absolute atomic E-state index is 4.30. The van der Waals surface area contributed by atoms with Crippen LogP contribution in [-0.4, -0.2) is 35.1 Å². The monoisotopic (exact) mass is 249 g/mol. The van der Waals surface area contributed by atoms with E-state index in [-0.39, 0.29) is 0 Å². The second-order valence-electron chi connectivity index (χ2n) is 5.41. The Kier molecular flexibility index (Phi) is 6.30. The highest BCUT2D eigenvalue weighted by molar-refractivity contribution is 5.12. The van der Waals surface area contributed by atoms with Crippen LogP contribution in [0, 0.1) is 6.92 Å². The highest BCUT2D eigenvalue weighted by Crippen LogP contribution is 2.03. The molecule has 0 unspecified atom stereocenters. The zero-order chi connectivity index (χ0) is 13.5. The van der Waals surface area contributed by atoms with E-state index >= 15 is 0 Å². The third-order valence-corrected chi connectivity index (χ3v) is 3.18. The van der Waals surface area contributed by atoms with Gasteiger partial charge in [-0.15, -0.1) is 0 Å². The van der Waals surface area contributed by atoms with Crippen molar-refractivity contribution in [1.29, 1.82) is 0 Å². The SMILES string of the molecule is Cc1ccc(CNCCN(C(C)C)C(C)C)cn1. The fourth-order valence-electron chi connectivity index (χ4n) is 2.16. The first-order valence-electron chi connectivity index (χ1n) is 6.88. The molecule has 0 aliphatic rings. The lowest BCUT2D eigenvalue weighted by Crippen LogP contribution is -2.41. The predicted molar refractivity (Wildman–Crippen MR) is 77.7 cm³/mol. The van der Waals surface area contributed by atoms with Gasteiger partial charge in [-0.1, -0.05) is 6.07 Å². The van der Waals surface area contributed by atoms with Gasteiger partial charge in [0.15, 0.2) is 0 Å². The van der Waals surface area contributed by atoms with E-state index in [4.69, 9.17) is 0 Å². The lowest BCUT2D eigenvalue weighted by Gasteiger charge is -2.30. The van der Waals surface area contributed by atoms with Gasteiger partial charge < -0.3 is 5.32 Å². The largest absolute Gasteiger partial charge is 0.311 e. The summed E-state index contributed by atoms with van der Waals surface area (Å²) in [7, 11) is 0. The van der Waals surface area contributed by atoms with Crippen molar-refractivity contribution in [2.45, 2.75) is 53.2 Å². The van der Waals surface area contributed by atoms with Gasteiger partial charge in [0.25, 0.3) is 0 Å². The molecule has 1 aromatic heterocycles. The van der Waals surface area contributed by atoms with Crippen molar-refractivity contribution in [3.05, 3.63) is 29.6 Å². The number of hydrogen-bond acceptors (Lipinski definition) is 3. The van der Waals surface area contributed by atoms with Crippen LogP contribution in [0.4, 0.5) is 0 Å². The van der Waals surface area contributed by atoms with Crippen LogP contribution in [-0.2, 0) is 6.54 Å². The van der Waals surface area contributed by atoms with Gasteiger partial charge in [-0.3, -0.25) is 9.88 Å². The smallest absolute Gasteiger partial charge is 0.0372 e. The maximum atomic E-state index is 4.30. The van der Waals surface area contributed by atoms with E-state index in [9.17, 15) is 0 Å². The van der Waals surface area contributed by atoms with Gasteiger partial charge in [0.2, 0.25) is 0 Å². The molecule has 0 saturated heterocycles. The minimum absolute atomic E-state index is 0.604. The first-order valence-corrected chi connectivity index (χ1v) is 6.88. The van der Waals surface area contributed by atoms with E-state index in [2.05, 4.69) is 55.0 Å². The molecule has 0 saturated carbocycles. The third-order valence-electron chi connectivity index (χ3n) is 3.18. The van der Waals surface area contributed by atoms with E-state index in [1.807, 2.05) is 13.1 Å². The molecular formula is C15H27N3. The van der Waals surface area contributed by atoms with Gasteiger partial charge in [0.1, 0.15) is 0 Å². The van der Waals surface area contributed by atoms with E-state index in [1.165, 1.54) is 5.56 Å². The third kappa shape index (κ3) is 5.15. The van der Waals surface area contributed by atoms with Gasteiger partial charge in [0.05, 0.1) is 0 Å². The van der Waals surface area contributed by atoms with Crippen molar-refractivity contribution >= 4 is 0 Å². The van der Waals surface area contributed by atoms with Crippen LogP contribution < -0.4 is 5.32 Å². The Hall–Kier alpha value is -0.930. The van der Waals surface area contributed by atoms with Crippen LogP contribution in [0.5, 0.6) is 0 Å². The molecule has 0 amide bonds. The van der Waals surface area contributed by atoms with Crippen molar-refractivity contribution in [3.8, 4) is 0 Å². The Morgan fingerprint density at radius 2 is 1.83 bits per heavy atom. The summed E-state index contributed by atoms with van der Waals surface area (Å²) in [6.45, 7) is 14.0. The van der Waals surface area contributed by atoms with Crippen molar-refractivity contribution < 1.29 is 0 Å². The highest BCUT2D eigenvalue weighted by Gasteiger charge is 2.11. The number of nitrogens with one attached hydrogen (secondary N) is 1. The van der Waals surface area contributed by atoms with Crippen molar-refractivity contribution in [3.63, 3.8) is 0 Å². The van der Waals surface area contributed by atoms with E-state index in [1.54, 1.807) is 0 Å². The van der Waals surface area contributed by atoms with Gasteiger partial charge in [-0.2, -0.15) is 0 Å². The normalized spacial score (nSPS) is 11.8. The number of rotatable bonds is 7. The first kappa shape index (κ1) is 15.1. The standard InChI is InChI=1S/C15H27N3/c1-12(2)18(13(3)4)9-8-16-10-15-7-6-14(5)17-11-15/h6-7,11-13,16H,8-10H2,1-5H3. The molecule has 0 radical (unpaired) electrons. The number of aryl methyl sites for hydroxylation is 1. The molecule has 0 aliphatic carbocycles. The number of nitrogens with zero attached hydrogens (tertiary/aromatic N) is 2. The lowest BCUT2D eigenvalue weighted by atomic mass is 10.2. The first-order chi connectivity index (χ1) is 8.50. The summed E-state index contributed by atoms with van der Waals surface area (Å²) in [5.74, 6) is 0. The van der Waals surface area contributed by atoms with Gasteiger partial charge in [-0.25, -0.2) is 0 Å². The quantitative estimate of drug-likeness (QED) is 0.753. The molecule has 1 N–H and O–H groups in total. The fraction of sp³-hybridized carbons (Fsp3) is 0.667. The van der Waals surface area contributed by atoms with E-state index in [0.717, 1.165) is 25.3 Å². The predicted octanol–water partition coefficient (Wildman–Crippen LogP) is 2.60. The minimum Gasteiger partial charge on any atom is -0.311 e. The number of pyridine rings is 1. The van der Waals surface area contributed by atoms with Crippen LogP contribution in [0.15, 0.2) is 18.3 Å². The maximum Gasteiger partial charge on any atom is 0.0372 e. The number of hydrogen-bond donors (Lipinski definition) is 1. The number of aromatic nitrogens is 1. The molecule has 0 fully saturated rings. The molecule has 0 bridgehead atoms. The molecule has 0 spiro atoms. The molecule has 18 heavy (non-hydrogen) atoms. The van der Waals surface area contributed by atoms with Gasteiger partial charge in [0, 0.05) is 43.6 Å². The fourth-order valence-corrected chi connectivity index (χ4v) is 2.16. The summed E-state index contributed by atoms with van der Waals surface area (Å²) in [5.41, 5.74) is 2.32. The Morgan fingerprint density at radius 1 is 1.17 bits per heavy atom. The van der Waals surface area contributed by atoms with Crippen molar-refractivity contribution in [2.75, 3.05) is 13.1 Å².